The number of para-hydroxylation sites is 1. The van der Waals surface area contributed by atoms with E-state index in [1.54, 1.807) is 23.1 Å². The van der Waals surface area contributed by atoms with Crippen LogP contribution in [-0.2, 0) is 4.79 Å². The van der Waals surface area contributed by atoms with Crippen molar-refractivity contribution in [2.45, 2.75) is 11.8 Å². The number of aromatic nitrogens is 1. The number of thioether (sulfide) groups is 1. The van der Waals surface area contributed by atoms with Crippen LogP contribution in [0.4, 0.5) is 5.13 Å². The second-order valence-electron chi connectivity index (χ2n) is 6.64. The lowest BCUT2D eigenvalue weighted by Crippen LogP contribution is -3.06. The normalized spacial score (nSPS) is 11.1. The quantitative estimate of drug-likeness (QED) is 0.545. The number of benzene rings is 2. The largest absolute Gasteiger partial charge is 0.492 e. The van der Waals surface area contributed by atoms with Gasteiger partial charge in [0.05, 0.1) is 44.2 Å². The van der Waals surface area contributed by atoms with Gasteiger partial charge in [0.25, 0.3) is 0 Å². The van der Waals surface area contributed by atoms with Crippen molar-refractivity contribution < 1.29 is 14.4 Å². The lowest BCUT2D eigenvalue weighted by atomic mass is 10.3. The van der Waals surface area contributed by atoms with Crippen LogP contribution in [0.3, 0.4) is 0 Å². The second-order valence-corrected chi connectivity index (χ2v) is 8.69. The van der Waals surface area contributed by atoms with E-state index >= 15 is 0 Å². The Labute approximate surface area is 174 Å². The molecule has 1 heterocycles. The monoisotopic (exact) mass is 416 g/mol. The number of carbonyl (C=O) groups is 1. The fraction of sp³-hybridized carbons (Fsp3) is 0.333. The van der Waals surface area contributed by atoms with Gasteiger partial charge >= 0.3 is 0 Å². The molecule has 0 bridgehead atoms. The number of thiazole rings is 1. The molecule has 0 atom stereocenters. The van der Waals surface area contributed by atoms with Crippen LogP contribution >= 0.6 is 23.1 Å². The average molecular weight is 417 g/mol. The van der Waals surface area contributed by atoms with Crippen molar-refractivity contribution >= 4 is 44.4 Å². The SMILES string of the molecule is CCOc1cccc2sc(N(CC[NH+](C)C)C(=O)CSc3ccccc3)nc12. The van der Waals surface area contributed by atoms with Crippen LogP contribution in [0.25, 0.3) is 10.2 Å². The third-order valence-corrected chi connectivity index (χ3v) is 6.18. The highest BCUT2D eigenvalue weighted by atomic mass is 32.2. The van der Waals surface area contributed by atoms with Gasteiger partial charge in [0, 0.05) is 4.90 Å². The van der Waals surface area contributed by atoms with E-state index in [0.717, 1.165) is 32.5 Å². The van der Waals surface area contributed by atoms with E-state index < -0.39 is 0 Å². The van der Waals surface area contributed by atoms with Gasteiger partial charge in [0.1, 0.15) is 11.3 Å². The summed E-state index contributed by atoms with van der Waals surface area (Å²) in [6, 6.07) is 15.9. The zero-order chi connectivity index (χ0) is 19.9. The van der Waals surface area contributed by atoms with Gasteiger partial charge in [0.2, 0.25) is 5.91 Å². The molecule has 2 aromatic carbocycles. The first-order valence-electron chi connectivity index (χ1n) is 9.38. The number of rotatable bonds is 9. The molecule has 0 aliphatic carbocycles. The van der Waals surface area contributed by atoms with Gasteiger partial charge in [-0.05, 0) is 31.2 Å². The van der Waals surface area contributed by atoms with Crippen LogP contribution in [0.2, 0.25) is 0 Å². The molecular formula is C21H26N3O2S2+. The lowest BCUT2D eigenvalue weighted by molar-refractivity contribution is -0.856. The second kappa shape index (κ2) is 9.91. The van der Waals surface area contributed by atoms with Crippen LogP contribution in [0.1, 0.15) is 6.92 Å². The highest BCUT2D eigenvalue weighted by Crippen LogP contribution is 2.34. The molecule has 0 radical (unpaired) electrons. The first-order chi connectivity index (χ1) is 13.6. The van der Waals surface area contributed by atoms with Crippen LogP contribution in [0.5, 0.6) is 5.75 Å². The molecule has 0 spiro atoms. The summed E-state index contributed by atoms with van der Waals surface area (Å²) in [6.07, 6.45) is 0. The zero-order valence-electron chi connectivity index (χ0n) is 16.5. The number of carbonyl (C=O) groups excluding carboxylic acids is 1. The number of fused-ring (bicyclic) bond motifs is 1. The molecule has 1 amide bonds. The Kier molecular flexibility index (Phi) is 7.30. The summed E-state index contributed by atoms with van der Waals surface area (Å²) in [5.74, 6) is 1.24. The minimum Gasteiger partial charge on any atom is -0.492 e. The Morgan fingerprint density at radius 1 is 1.18 bits per heavy atom. The van der Waals surface area contributed by atoms with Gasteiger partial charge in [-0.25, -0.2) is 4.98 Å². The van der Waals surface area contributed by atoms with Crippen LogP contribution < -0.4 is 14.5 Å². The summed E-state index contributed by atoms with van der Waals surface area (Å²) in [5, 5.41) is 0.738. The van der Waals surface area contributed by atoms with Gasteiger partial charge in [-0.3, -0.25) is 9.69 Å². The Bertz CT molecular complexity index is 912. The summed E-state index contributed by atoms with van der Waals surface area (Å²) >= 11 is 3.10. The lowest BCUT2D eigenvalue weighted by Gasteiger charge is -2.20. The van der Waals surface area contributed by atoms with E-state index in [2.05, 4.69) is 14.1 Å². The Morgan fingerprint density at radius 2 is 1.96 bits per heavy atom. The summed E-state index contributed by atoms with van der Waals surface area (Å²) < 4.78 is 6.74. The van der Waals surface area contributed by atoms with E-state index in [4.69, 9.17) is 9.72 Å². The van der Waals surface area contributed by atoms with E-state index in [1.165, 1.54) is 4.90 Å². The van der Waals surface area contributed by atoms with Crippen molar-refractivity contribution in [3.05, 3.63) is 48.5 Å². The Balaban J connectivity index is 1.83. The maximum atomic E-state index is 13.0. The Morgan fingerprint density at radius 3 is 2.68 bits per heavy atom. The van der Waals surface area contributed by atoms with Gasteiger partial charge in [-0.1, -0.05) is 35.6 Å². The van der Waals surface area contributed by atoms with Gasteiger partial charge in [0.15, 0.2) is 5.13 Å². The average Bonchev–Trinajstić information content (AvgIpc) is 3.12. The molecule has 1 N–H and O–H groups in total. The molecule has 0 fully saturated rings. The summed E-state index contributed by atoms with van der Waals surface area (Å²) in [5.41, 5.74) is 0.829. The highest BCUT2D eigenvalue weighted by Gasteiger charge is 2.22. The van der Waals surface area contributed by atoms with E-state index in [0.29, 0.717) is 18.9 Å². The number of likely N-dealkylation sites (N-methyl/N-ethyl adjacent to an activating group) is 1. The van der Waals surface area contributed by atoms with Crippen molar-refractivity contribution in [3.8, 4) is 5.75 Å². The van der Waals surface area contributed by atoms with Gasteiger partial charge < -0.3 is 9.64 Å². The predicted molar refractivity (Wildman–Crippen MR) is 118 cm³/mol. The summed E-state index contributed by atoms with van der Waals surface area (Å²) in [4.78, 5) is 22.0. The molecule has 148 valence electrons. The van der Waals surface area contributed by atoms with Crippen LogP contribution in [-0.4, -0.2) is 50.4 Å². The molecule has 0 saturated carbocycles. The molecule has 0 saturated heterocycles. The standard InChI is InChI=1S/C21H25N3O2S2/c1-4-26-17-11-8-12-18-20(17)22-21(28-18)24(14-13-23(2)3)19(25)15-27-16-9-6-5-7-10-16/h5-12H,4,13-15H2,1-3H3/p+1. The third-order valence-electron chi connectivity index (χ3n) is 4.14. The highest BCUT2D eigenvalue weighted by molar-refractivity contribution is 8.00. The maximum absolute atomic E-state index is 13.0. The molecule has 7 heteroatoms. The van der Waals surface area contributed by atoms with Gasteiger partial charge in [-0.2, -0.15) is 0 Å². The number of nitrogens with one attached hydrogen (secondary N) is 1. The molecule has 0 aliphatic rings. The van der Waals surface area contributed by atoms with Crippen LogP contribution in [0, 0.1) is 0 Å². The topological polar surface area (TPSA) is 46.9 Å². The van der Waals surface area contributed by atoms with Crippen molar-refractivity contribution in [1.29, 1.82) is 0 Å². The molecule has 3 rings (SSSR count). The smallest absolute Gasteiger partial charge is 0.239 e. The van der Waals surface area contributed by atoms with E-state index in [9.17, 15) is 4.79 Å². The van der Waals surface area contributed by atoms with Crippen molar-refractivity contribution in [1.82, 2.24) is 4.98 Å². The molecule has 0 aliphatic heterocycles. The minimum atomic E-state index is 0.0760. The van der Waals surface area contributed by atoms with Crippen molar-refractivity contribution in [3.63, 3.8) is 0 Å². The number of quaternary nitrogens is 1. The molecule has 5 nitrogen and oxygen atoms in total. The minimum absolute atomic E-state index is 0.0760. The molecule has 1 aromatic heterocycles. The summed E-state index contributed by atoms with van der Waals surface area (Å²) in [7, 11) is 4.18. The maximum Gasteiger partial charge on any atom is 0.239 e. The van der Waals surface area contributed by atoms with Crippen molar-refractivity contribution in [2.75, 3.05) is 44.4 Å². The fourth-order valence-electron chi connectivity index (χ4n) is 2.70. The Hall–Kier alpha value is -2.09. The molecule has 0 unspecified atom stereocenters. The number of anilines is 1. The summed E-state index contributed by atoms with van der Waals surface area (Å²) in [6.45, 7) is 4.05. The van der Waals surface area contributed by atoms with Gasteiger partial charge in [-0.15, -0.1) is 11.8 Å². The number of nitrogens with zero attached hydrogens (tertiary/aromatic N) is 2. The van der Waals surface area contributed by atoms with Crippen LogP contribution in [0.15, 0.2) is 53.4 Å². The number of hydrogen-bond donors (Lipinski definition) is 1. The predicted octanol–water partition coefficient (Wildman–Crippen LogP) is 2.96. The van der Waals surface area contributed by atoms with E-state index in [1.807, 2.05) is 60.4 Å². The zero-order valence-corrected chi connectivity index (χ0v) is 18.1. The number of amides is 1. The first-order valence-corrected chi connectivity index (χ1v) is 11.2. The number of hydrogen-bond acceptors (Lipinski definition) is 5. The first kappa shape index (κ1) is 20.6. The fourth-order valence-corrected chi connectivity index (χ4v) is 4.52. The molecule has 3 aromatic rings. The van der Waals surface area contributed by atoms with Crippen molar-refractivity contribution in [2.24, 2.45) is 0 Å². The molecule has 28 heavy (non-hydrogen) atoms. The third kappa shape index (κ3) is 5.25. The van der Waals surface area contributed by atoms with E-state index in [-0.39, 0.29) is 5.91 Å². The number of ether oxygens (including phenoxy) is 1. The molecular weight excluding hydrogens is 390 g/mol.